The second-order valence-electron chi connectivity index (χ2n) is 8.71. The molecule has 3 rings (SSSR count). The first kappa shape index (κ1) is 25.8. The van der Waals surface area contributed by atoms with Gasteiger partial charge in [-0.2, -0.15) is 0 Å². The second kappa shape index (κ2) is 9.81. The Morgan fingerprint density at radius 2 is 1.94 bits per heavy atom. The number of aromatic nitrogens is 1. The van der Waals surface area contributed by atoms with Gasteiger partial charge in [0.25, 0.3) is 10.0 Å². The Bertz CT molecular complexity index is 1310. The number of sulfonamides is 1. The summed E-state index contributed by atoms with van der Waals surface area (Å²) < 4.78 is 47.3. The Balaban J connectivity index is 1.98. The lowest BCUT2D eigenvalue weighted by Gasteiger charge is -2.18. The number of nitrogens with one attached hydrogen (secondary N) is 1. The highest BCUT2D eigenvalue weighted by Crippen LogP contribution is 2.33. The molecule has 10 heteroatoms. The van der Waals surface area contributed by atoms with E-state index in [1.54, 1.807) is 19.9 Å². The van der Waals surface area contributed by atoms with Gasteiger partial charge in [0.05, 0.1) is 25.3 Å². The van der Waals surface area contributed by atoms with Gasteiger partial charge in [0.2, 0.25) is 5.91 Å². The normalized spacial score (nSPS) is 12.1. The molecule has 0 aliphatic heterocycles. The summed E-state index contributed by atoms with van der Waals surface area (Å²) in [6.45, 7) is 6.82. The number of benzene rings is 1. The minimum absolute atomic E-state index is 0.0848. The zero-order valence-electron chi connectivity index (χ0n) is 19.5. The lowest BCUT2D eigenvalue weighted by Crippen LogP contribution is -2.32. The summed E-state index contributed by atoms with van der Waals surface area (Å²) in [4.78, 5) is 17.0. The van der Waals surface area contributed by atoms with Crippen LogP contribution < -0.4 is 9.46 Å². The molecule has 0 unspecified atom stereocenters. The molecule has 2 heterocycles. The summed E-state index contributed by atoms with van der Waals surface area (Å²) in [5.41, 5.74) is 1.28. The topological polar surface area (TPSA) is 106 Å². The monoisotopic (exact) mass is 506 g/mol. The van der Waals surface area contributed by atoms with Crippen molar-refractivity contribution >= 4 is 27.3 Å². The molecule has 7 nitrogen and oxygen atoms in total. The number of halogens is 1. The number of pyridine rings is 1. The number of nitrogens with zero attached hydrogens (tertiary/aromatic N) is 1. The van der Waals surface area contributed by atoms with Crippen molar-refractivity contribution in [2.75, 3.05) is 7.11 Å². The standard InChI is InChI=1S/C24H27FN2O5S2/c1-14(2)19-8-17(25)9-20(15-6-18(32-5)12-26-11-15)21(19)10-22(28)27-34(30,31)23-7-16(13-33-23)24(3,4)29/h6-9,11-14,29H,10H2,1-5H3,(H,27,28). The molecule has 0 fully saturated rings. The molecule has 0 bridgehead atoms. The average Bonchev–Trinajstić information content (AvgIpc) is 3.26. The molecule has 0 aliphatic rings. The molecule has 0 spiro atoms. The molecule has 2 aromatic heterocycles. The van der Waals surface area contributed by atoms with Crippen LogP contribution >= 0.6 is 11.3 Å². The first-order chi connectivity index (χ1) is 15.8. The predicted octanol–water partition coefficient (Wildman–Crippen LogP) is 4.36. The Kier molecular flexibility index (Phi) is 7.44. The van der Waals surface area contributed by atoms with Gasteiger partial charge in [-0.3, -0.25) is 9.78 Å². The Labute approximate surface area is 202 Å². The Hall–Kier alpha value is -2.82. The van der Waals surface area contributed by atoms with Gasteiger partial charge in [0, 0.05) is 11.8 Å². The van der Waals surface area contributed by atoms with E-state index in [9.17, 15) is 22.7 Å². The van der Waals surface area contributed by atoms with Crippen LogP contribution in [-0.2, 0) is 26.8 Å². The van der Waals surface area contributed by atoms with Gasteiger partial charge in [0.15, 0.2) is 0 Å². The number of carbonyl (C=O) groups excluding carboxylic acids is 1. The first-order valence-corrected chi connectivity index (χ1v) is 12.9. The van der Waals surface area contributed by atoms with Crippen LogP contribution in [0.1, 0.15) is 50.3 Å². The molecule has 0 saturated carbocycles. The van der Waals surface area contributed by atoms with Crippen molar-refractivity contribution in [1.82, 2.24) is 9.71 Å². The maximum Gasteiger partial charge on any atom is 0.273 e. The van der Waals surface area contributed by atoms with Crippen molar-refractivity contribution < 1.29 is 27.4 Å². The van der Waals surface area contributed by atoms with Crippen molar-refractivity contribution in [1.29, 1.82) is 0 Å². The van der Waals surface area contributed by atoms with E-state index in [0.29, 0.717) is 33.6 Å². The second-order valence-corrected chi connectivity index (χ2v) is 11.5. The minimum Gasteiger partial charge on any atom is -0.495 e. The highest BCUT2D eigenvalue weighted by molar-refractivity contribution is 7.92. The zero-order chi connectivity index (χ0) is 25.3. The third kappa shape index (κ3) is 5.81. The molecule has 0 radical (unpaired) electrons. The maximum absolute atomic E-state index is 14.5. The van der Waals surface area contributed by atoms with Crippen molar-refractivity contribution in [2.24, 2.45) is 0 Å². The van der Waals surface area contributed by atoms with Crippen LogP contribution in [0, 0.1) is 5.82 Å². The molecule has 0 aliphatic carbocycles. The Morgan fingerprint density at radius 3 is 2.53 bits per heavy atom. The van der Waals surface area contributed by atoms with E-state index < -0.39 is 27.3 Å². The predicted molar refractivity (Wildman–Crippen MR) is 129 cm³/mol. The summed E-state index contributed by atoms with van der Waals surface area (Å²) in [5.74, 6) is -0.898. The highest BCUT2D eigenvalue weighted by Gasteiger charge is 2.26. The van der Waals surface area contributed by atoms with E-state index in [1.807, 2.05) is 13.8 Å². The van der Waals surface area contributed by atoms with E-state index in [1.165, 1.54) is 43.1 Å². The molecule has 2 N–H and O–H groups in total. The summed E-state index contributed by atoms with van der Waals surface area (Å²) in [5, 5.41) is 11.6. The Morgan fingerprint density at radius 1 is 1.24 bits per heavy atom. The smallest absolute Gasteiger partial charge is 0.273 e. The highest BCUT2D eigenvalue weighted by atomic mass is 32.2. The van der Waals surface area contributed by atoms with E-state index >= 15 is 0 Å². The van der Waals surface area contributed by atoms with Gasteiger partial charge in [0.1, 0.15) is 15.8 Å². The van der Waals surface area contributed by atoms with Gasteiger partial charge in [-0.1, -0.05) is 13.8 Å². The molecule has 1 amide bonds. The molecule has 3 aromatic rings. The number of thiophene rings is 1. The average molecular weight is 507 g/mol. The molecule has 0 atom stereocenters. The molecule has 1 aromatic carbocycles. The number of carbonyl (C=O) groups is 1. The fourth-order valence-corrected chi connectivity index (χ4v) is 5.81. The fourth-order valence-electron chi connectivity index (χ4n) is 3.48. The number of ether oxygens (including phenoxy) is 1. The number of hydrogen-bond acceptors (Lipinski definition) is 7. The fraction of sp³-hybridized carbons (Fsp3) is 0.333. The van der Waals surface area contributed by atoms with Gasteiger partial charge in [-0.05, 0) is 71.7 Å². The van der Waals surface area contributed by atoms with Crippen LogP contribution in [0.4, 0.5) is 4.39 Å². The lowest BCUT2D eigenvalue weighted by molar-refractivity contribution is -0.118. The van der Waals surface area contributed by atoms with Crippen LogP contribution in [0.5, 0.6) is 5.75 Å². The third-order valence-corrected chi connectivity index (χ3v) is 8.08. The van der Waals surface area contributed by atoms with Crippen molar-refractivity contribution in [3.8, 4) is 16.9 Å². The molecule has 0 saturated heterocycles. The third-order valence-electron chi connectivity index (χ3n) is 5.26. The van der Waals surface area contributed by atoms with Gasteiger partial charge in [-0.15, -0.1) is 11.3 Å². The number of aliphatic hydroxyl groups is 1. The quantitative estimate of drug-likeness (QED) is 0.470. The van der Waals surface area contributed by atoms with Crippen molar-refractivity contribution in [3.05, 3.63) is 64.5 Å². The van der Waals surface area contributed by atoms with Crippen LogP contribution in [0.3, 0.4) is 0 Å². The van der Waals surface area contributed by atoms with Gasteiger partial charge in [-0.25, -0.2) is 17.5 Å². The summed E-state index contributed by atoms with van der Waals surface area (Å²) >= 11 is 0.911. The largest absolute Gasteiger partial charge is 0.495 e. The number of hydrogen-bond donors (Lipinski definition) is 2. The van der Waals surface area contributed by atoms with Gasteiger partial charge >= 0.3 is 0 Å². The maximum atomic E-state index is 14.5. The molecule has 182 valence electrons. The molecular weight excluding hydrogens is 479 g/mol. The number of methoxy groups -OCH3 is 1. The molecule has 34 heavy (non-hydrogen) atoms. The van der Waals surface area contributed by atoms with E-state index in [0.717, 1.165) is 11.3 Å². The molecular formula is C24H27FN2O5S2. The summed E-state index contributed by atoms with van der Waals surface area (Å²) in [6.07, 6.45) is 2.75. The van der Waals surface area contributed by atoms with E-state index in [-0.39, 0.29) is 16.5 Å². The lowest BCUT2D eigenvalue weighted by atomic mass is 9.88. The first-order valence-electron chi connectivity index (χ1n) is 10.5. The van der Waals surface area contributed by atoms with E-state index in [4.69, 9.17) is 4.74 Å². The van der Waals surface area contributed by atoms with Crippen LogP contribution in [-0.4, -0.2) is 31.5 Å². The van der Waals surface area contributed by atoms with Crippen LogP contribution in [0.15, 0.2) is 46.2 Å². The number of amides is 1. The van der Waals surface area contributed by atoms with Crippen LogP contribution in [0.25, 0.3) is 11.1 Å². The minimum atomic E-state index is -4.15. The SMILES string of the molecule is COc1cncc(-c2cc(F)cc(C(C)C)c2CC(=O)NS(=O)(=O)c2cc(C(C)(C)O)cs2)c1. The van der Waals surface area contributed by atoms with Crippen molar-refractivity contribution in [3.63, 3.8) is 0 Å². The van der Waals surface area contributed by atoms with E-state index in [2.05, 4.69) is 9.71 Å². The zero-order valence-corrected chi connectivity index (χ0v) is 21.2. The number of rotatable bonds is 8. The van der Waals surface area contributed by atoms with Gasteiger partial charge < -0.3 is 9.84 Å². The van der Waals surface area contributed by atoms with Crippen molar-refractivity contribution in [2.45, 2.75) is 49.8 Å². The summed E-state index contributed by atoms with van der Waals surface area (Å²) in [6, 6.07) is 5.67. The van der Waals surface area contributed by atoms with Crippen LogP contribution in [0.2, 0.25) is 0 Å². The summed E-state index contributed by atoms with van der Waals surface area (Å²) in [7, 11) is -2.66.